The highest BCUT2D eigenvalue weighted by molar-refractivity contribution is 6.05. The summed E-state index contributed by atoms with van der Waals surface area (Å²) in [6, 6.07) is 8.28. The van der Waals surface area contributed by atoms with Crippen LogP contribution in [-0.2, 0) is 7.05 Å². The number of benzene rings is 1. The van der Waals surface area contributed by atoms with Crippen molar-refractivity contribution in [3.8, 4) is 0 Å². The van der Waals surface area contributed by atoms with Gasteiger partial charge in [-0.05, 0) is 18.9 Å². The summed E-state index contributed by atoms with van der Waals surface area (Å²) in [4.78, 5) is 17.5. The quantitative estimate of drug-likeness (QED) is 0.807. The Labute approximate surface area is 128 Å². The van der Waals surface area contributed by atoms with E-state index in [0.29, 0.717) is 17.7 Å². The maximum Gasteiger partial charge on any atom is 0.279 e. The number of aryl methyl sites for hydroxylation is 1. The highest BCUT2D eigenvalue weighted by atomic mass is 16.2. The number of carbonyl (C=O) groups excluding carboxylic acids is 1. The molecule has 1 fully saturated rings. The normalized spacial score (nSPS) is 26.0. The first-order chi connectivity index (χ1) is 10.7. The number of fused-ring (bicyclic) bond motifs is 3. The third kappa shape index (κ3) is 1.48. The van der Waals surface area contributed by atoms with Crippen molar-refractivity contribution in [2.45, 2.75) is 18.9 Å². The molecule has 3 aliphatic heterocycles. The van der Waals surface area contributed by atoms with Crippen molar-refractivity contribution >= 4 is 16.8 Å². The lowest BCUT2D eigenvalue weighted by atomic mass is 9.99. The van der Waals surface area contributed by atoms with E-state index in [0.717, 1.165) is 30.4 Å². The van der Waals surface area contributed by atoms with Gasteiger partial charge in [0.15, 0.2) is 5.69 Å². The van der Waals surface area contributed by atoms with Crippen molar-refractivity contribution in [3.63, 3.8) is 0 Å². The standard InChI is InChI=1S/C17H18N4O/c1-19-14-5-3-2-4-13(14)16(18-19)17(22)21-12-8-11-6-7-20(9-12)10-15(11)21/h2-5,10-12H,6-9H2,1H3. The summed E-state index contributed by atoms with van der Waals surface area (Å²) in [6.45, 7) is 2.11. The first kappa shape index (κ1) is 12.3. The monoisotopic (exact) mass is 294 g/mol. The first-order valence-corrected chi connectivity index (χ1v) is 7.93. The second-order valence-corrected chi connectivity index (χ2v) is 6.59. The number of amides is 1. The van der Waals surface area contributed by atoms with Crippen LogP contribution >= 0.6 is 0 Å². The van der Waals surface area contributed by atoms with Gasteiger partial charge in [0.05, 0.1) is 11.6 Å². The summed E-state index contributed by atoms with van der Waals surface area (Å²) in [5.74, 6) is 0.625. The molecule has 4 heterocycles. The molecule has 1 saturated heterocycles. The summed E-state index contributed by atoms with van der Waals surface area (Å²) in [5, 5.41) is 5.46. The molecular formula is C17H18N4O. The number of hydrogen-bond acceptors (Lipinski definition) is 3. The first-order valence-electron chi connectivity index (χ1n) is 7.93. The summed E-state index contributed by atoms with van der Waals surface area (Å²) in [6.07, 6.45) is 4.48. The van der Waals surface area contributed by atoms with Crippen LogP contribution in [-0.4, -0.2) is 44.6 Å². The maximum absolute atomic E-state index is 13.2. The largest absolute Gasteiger partial charge is 0.374 e. The number of nitrogens with zero attached hydrogens (tertiary/aromatic N) is 4. The van der Waals surface area contributed by atoms with Gasteiger partial charge in [0.25, 0.3) is 5.91 Å². The Balaban J connectivity index is 1.62. The van der Waals surface area contributed by atoms with Crippen molar-refractivity contribution in [2.75, 3.05) is 13.1 Å². The fourth-order valence-corrected chi connectivity index (χ4v) is 4.31. The summed E-state index contributed by atoms with van der Waals surface area (Å²) in [7, 11) is 1.90. The van der Waals surface area contributed by atoms with E-state index in [2.05, 4.69) is 16.2 Å². The predicted octanol–water partition coefficient (Wildman–Crippen LogP) is 1.96. The molecule has 1 aromatic carbocycles. The summed E-state index contributed by atoms with van der Waals surface area (Å²) < 4.78 is 1.80. The van der Waals surface area contributed by atoms with E-state index in [4.69, 9.17) is 0 Å². The molecule has 0 N–H and O–H groups in total. The van der Waals surface area contributed by atoms with Crippen molar-refractivity contribution in [3.05, 3.63) is 41.9 Å². The maximum atomic E-state index is 13.2. The highest BCUT2D eigenvalue weighted by Gasteiger charge is 2.46. The molecule has 1 aromatic heterocycles. The SMILES string of the molecule is Cn1nc(C(=O)N2C3=CN4CCC3CC2C4)c2ccccc21. The molecule has 0 spiro atoms. The molecule has 112 valence electrons. The Hall–Kier alpha value is -2.30. The summed E-state index contributed by atoms with van der Waals surface area (Å²) >= 11 is 0. The van der Waals surface area contributed by atoms with Crippen molar-refractivity contribution < 1.29 is 4.79 Å². The van der Waals surface area contributed by atoms with Crippen LogP contribution in [0.5, 0.6) is 0 Å². The van der Waals surface area contributed by atoms with Gasteiger partial charge in [0.1, 0.15) is 0 Å². The van der Waals surface area contributed by atoms with Gasteiger partial charge in [-0.1, -0.05) is 18.2 Å². The fraction of sp³-hybridized carbons (Fsp3) is 0.412. The zero-order chi connectivity index (χ0) is 14.8. The van der Waals surface area contributed by atoms with Crippen LogP contribution in [0.15, 0.2) is 36.2 Å². The van der Waals surface area contributed by atoms with Gasteiger partial charge in [-0.2, -0.15) is 5.10 Å². The molecule has 3 aliphatic rings. The van der Waals surface area contributed by atoms with Crippen LogP contribution in [0.2, 0.25) is 0 Å². The molecule has 5 nitrogen and oxygen atoms in total. The van der Waals surface area contributed by atoms with Gasteiger partial charge in [0, 0.05) is 43.3 Å². The third-order valence-corrected chi connectivity index (χ3v) is 5.32. The van der Waals surface area contributed by atoms with Gasteiger partial charge < -0.3 is 9.80 Å². The molecule has 0 radical (unpaired) electrons. The van der Waals surface area contributed by atoms with Crippen LogP contribution in [0.1, 0.15) is 23.3 Å². The van der Waals surface area contributed by atoms with E-state index in [9.17, 15) is 4.79 Å². The lowest BCUT2D eigenvalue weighted by Gasteiger charge is -2.38. The Morgan fingerprint density at radius 3 is 3.09 bits per heavy atom. The Bertz CT molecular complexity index is 819. The van der Waals surface area contributed by atoms with E-state index < -0.39 is 0 Å². The molecule has 1 amide bonds. The second kappa shape index (κ2) is 4.12. The van der Waals surface area contributed by atoms with Gasteiger partial charge >= 0.3 is 0 Å². The van der Waals surface area contributed by atoms with Gasteiger partial charge in [0.2, 0.25) is 0 Å². The summed E-state index contributed by atoms with van der Waals surface area (Å²) in [5.41, 5.74) is 2.81. The Morgan fingerprint density at radius 2 is 2.18 bits per heavy atom. The molecule has 0 saturated carbocycles. The lowest BCUT2D eigenvalue weighted by molar-refractivity contribution is 0.0715. The fourth-order valence-electron chi connectivity index (χ4n) is 4.31. The molecular weight excluding hydrogens is 276 g/mol. The number of para-hydroxylation sites is 1. The molecule has 2 atom stereocenters. The van der Waals surface area contributed by atoms with E-state index in [1.54, 1.807) is 4.68 Å². The van der Waals surface area contributed by atoms with Crippen LogP contribution < -0.4 is 0 Å². The van der Waals surface area contributed by atoms with Crippen LogP contribution in [0, 0.1) is 5.92 Å². The smallest absolute Gasteiger partial charge is 0.279 e. The van der Waals surface area contributed by atoms with Crippen molar-refractivity contribution in [1.29, 1.82) is 0 Å². The highest BCUT2D eigenvalue weighted by Crippen LogP contribution is 2.43. The van der Waals surface area contributed by atoms with Gasteiger partial charge in [-0.25, -0.2) is 0 Å². The van der Waals surface area contributed by atoms with E-state index >= 15 is 0 Å². The predicted molar refractivity (Wildman–Crippen MR) is 83.1 cm³/mol. The number of hydrogen-bond donors (Lipinski definition) is 0. The van der Waals surface area contributed by atoms with Gasteiger partial charge in [-0.15, -0.1) is 0 Å². The molecule has 2 unspecified atom stereocenters. The van der Waals surface area contributed by atoms with Crippen LogP contribution in [0.3, 0.4) is 0 Å². The number of rotatable bonds is 1. The zero-order valence-electron chi connectivity index (χ0n) is 12.6. The Kier molecular flexibility index (Phi) is 2.30. The second-order valence-electron chi connectivity index (χ2n) is 6.59. The van der Waals surface area contributed by atoms with E-state index in [1.165, 1.54) is 12.1 Å². The molecule has 0 aliphatic carbocycles. The lowest BCUT2D eigenvalue weighted by Crippen LogP contribution is -2.46. The number of allylic oxidation sites excluding steroid dienone is 1. The topological polar surface area (TPSA) is 41.4 Å². The third-order valence-electron chi connectivity index (χ3n) is 5.32. The van der Waals surface area contributed by atoms with Crippen molar-refractivity contribution in [2.24, 2.45) is 13.0 Å². The molecule has 22 heavy (non-hydrogen) atoms. The minimum atomic E-state index is 0.0668. The molecule has 3 bridgehead atoms. The number of carbonyl (C=O) groups is 1. The Morgan fingerprint density at radius 1 is 1.32 bits per heavy atom. The number of aromatic nitrogens is 2. The van der Waals surface area contributed by atoms with Gasteiger partial charge in [-0.3, -0.25) is 9.48 Å². The minimum absolute atomic E-state index is 0.0668. The zero-order valence-corrected chi connectivity index (χ0v) is 12.6. The minimum Gasteiger partial charge on any atom is -0.374 e. The average Bonchev–Trinajstić information content (AvgIpc) is 2.90. The molecule has 5 rings (SSSR count). The van der Waals surface area contributed by atoms with Crippen LogP contribution in [0.4, 0.5) is 0 Å². The molecule has 2 aromatic rings. The van der Waals surface area contributed by atoms with E-state index in [-0.39, 0.29) is 5.91 Å². The van der Waals surface area contributed by atoms with E-state index in [1.807, 2.05) is 36.2 Å². The van der Waals surface area contributed by atoms with Crippen LogP contribution in [0.25, 0.3) is 10.9 Å². The average molecular weight is 294 g/mol. The molecule has 5 heteroatoms. The van der Waals surface area contributed by atoms with Crippen molar-refractivity contribution in [1.82, 2.24) is 19.6 Å².